The molecule has 2 amide bonds. The summed E-state index contributed by atoms with van der Waals surface area (Å²) in [6.07, 6.45) is -0.134. The molecule has 6 nitrogen and oxygen atoms in total. The van der Waals surface area contributed by atoms with E-state index in [-0.39, 0.29) is 12.1 Å². The van der Waals surface area contributed by atoms with Crippen molar-refractivity contribution in [1.82, 2.24) is 20.6 Å². The van der Waals surface area contributed by atoms with Crippen molar-refractivity contribution in [1.29, 1.82) is 0 Å². The van der Waals surface area contributed by atoms with Crippen LogP contribution in [0.4, 0.5) is 4.79 Å². The Bertz CT molecular complexity index is 799. The second kappa shape index (κ2) is 7.81. The number of aromatic amines is 1. The second-order valence-electron chi connectivity index (χ2n) is 5.98. The first-order chi connectivity index (χ1) is 12.1. The summed E-state index contributed by atoms with van der Waals surface area (Å²) in [6.45, 7) is 2.25. The number of hydrogen-bond acceptors (Lipinski definition) is 3. The maximum atomic E-state index is 12.0. The highest BCUT2D eigenvalue weighted by atomic mass is 16.3. The van der Waals surface area contributed by atoms with Crippen molar-refractivity contribution in [2.75, 3.05) is 6.54 Å². The summed E-state index contributed by atoms with van der Waals surface area (Å²) in [5.41, 5.74) is 2.66. The average Bonchev–Trinajstić information content (AvgIpc) is 3.06. The number of amides is 2. The van der Waals surface area contributed by atoms with E-state index >= 15 is 0 Å². The van der Waals surface area contributed by atoms with Crippen molar-refractivity contribution in [3.63, 3.8) is 0 Å². The molecule has 3 aromatic rings. The molecule has 2 atom stereocenters. The van der Waals surface area contributed by atoms with Gasteiger partial charge in [0.2, 0.25) is 0 Å². The number of fused-ring (bicyclic) bond motifs is 1. The molecule has 130 valence electrons. The molecule has 0 radical (unpaired) electrons. The molecule has 0 aliphatic carbocycles. The SMILES string of the molecule is CC(NC(=O)NCCC(O)c1ccccc1)c1nc2ccccc2[nH]1. The molecule has 2 unspecified atom stereocenters. The maximum absolute atomic E-state index is 12.0. The summed E-state index contributed by atoms with van der Waals surface area (Å²) in [6, 6.07) is 16.6. The second-order valence-corrected chi connectivity index (χ2v) is 5.98. The summed E-state index contributed by atoms with van der Waals surface area (Å²) in [5, 5.41) is 15.7. The van der Waals surface area contributed by atoms with Crippen LogP contribution in [-0.4, -0.2) is 27.7 Å². The smallest absolute Gasteiger partial charge is 0.315 e. The number of H-pyrrole nitrogens is 1. The minimum atomic E-state index is -0.589. The van der Waals surface area contributed by atoms with E-state index in [0.29, 0.717) is 18.8 Å². The molecule has 6 heteroatoms. The number of urea groups is 1. The highest BCUT2D eigenvalue weighted by Crippen LogP contribution is 2.16. The highest BCUT2D eigenvalue weighted by molar-refractivity contribution is 5.76. The average molecular weight is 338 g/mol. The van der Waals surface area contributed by atoms with Gasteiger partial charge in [-0.3, -0.25) is 0 Å². The monoisotopic (exact) mass is 338 g/mol. The van der Waals surface area contributed by atoms with Crippen LogP contribution < -0.4 is 10.6 Å². The Hall–Kier alpha value is -2.86. The van der Waals surface area contributed by atoms with Gasteiger partial charge in [0.05, 0.1) is 23.2 Å². The predicted octanol–water partition coefficient (Wildman–Crippen LogP) is 3.05. The lowest BCUT2D eigenvalue weighted by atomic mass is 10.1. The van der Waals surface area contributed by atoms with Crippen molar-refractivity contribution in [2.45, 2.75) is 25.5 Å². The van der Waals surface area contributed by atoms with Crippen molar-refractivity contribution in [2.24, 2.45) is 0 Å². The van der Waals surface area contributed by atoms with Gasteiger partial charge in [0.25, 0.3) is 0 Å². The van der Waals surface area contributed by atoms with Crippen LogP contribution in [0.25, 0.3) is 11.0 Å². The van der Waals surface area contributed by atoms with E-state index in [0.717, 1.165) is 16.6 Å². The van der Waals surface area contributed by atoms with Gasteiger partial charge >= 0.3 is 6.03 Å². The standard InChI is InChI=1S/C19H22N4O2/c1-13(18-22-15-9-5-6-10-16(15)23-18)21-19(25)20-12-11-17(24)14-7-3-2-4-8-14/h2-10,13,17,24H,11-12H2,1H3,(H,22,23)(H2,20,21,25). The third-order valence-electron chi connectivity index (χ3n) is 4.05. The van der Waals surface area contributed by atoms with E-state index in [1.54, 1.807) is 0 Å². The molecule has 1 aromatic heterocycles. The normalized spacial score (nSPS) is 13.4. The molecular formula is C19H22N4O2. The Balaban J connectivity index is 1.47. The fourth-order valence-corrected chi connectivity index (χ4v) is 2.66. The summed E-state index contributed by atoms with van der Waals surface area (Å²) < 4.78 is 0. The third kappa shape index (κ3) is 4.36. The minimum Gasteiger partial charge on any atom is -0.388 e. The summed E-state index contributed by atoms with van der Waals surface area (Å²) in [4.78, 5) is 19.7. The lowest BCUT2D eigenvalue weighted by Crippen LogP contribution is -2.38. The van der Waals surface area contributed by atoms with Crippen molar-refractivity contribution < 1.29 is 9.90 Å². The maximum Gasteiger partial charge on any atom is 0.315 e. The van der Waals surface area contributed by atoms with Crippen molar-refractivity contribution in [3.05, 3.63) is 66.0 Å². The zero-order valence-electron chi connectivity index (χ0n) is 14.1. The van der Waals surface area contributed by atoms with Crippen LogP contribution in [0.5, 0.6) is 0 Å². The Morgan fingerprint density at radius 1 is 1.16 bits per heavy atom. The molecule has 0 saturated heterocycles. The van der Waals surface area contributed by atoms with Crippen LogP contribution in [-0.2, 0) is 0 Å². The number of carbonyl (C=O) groups excluding carboxylic acids is 1. The number of para-hydroxylation sites is 2. The van der Waals surface area contributed by atoms with E-state index in [4.69, 9.17) is 0 Å². The van der Waals surface area contributed by atoms with Crippen molar-refractivity contribution >= 4 is 17.1 Å². The first-order valence-corrected chi connectivity index (χ1v) is 8.35. The van der Waals surface area contributed by atoms with Crippen LogP contribution in [0, 0.1) is 0 Å². The lowest BCUT2D eigenvalue weighted by molar-refractivity contribution is 0.166. The molecule has 25 heavy (non-hydrogen) atoms. The first-order valence-electron chi connectivity index (χ1n) is 8.35. The number of aromatic nitrogens is 2. The number of benzene rings is 2. The fourth-order valence-electron chi connectivity index (χ4n) is 2.66. The van der Waals surface area contributed by atoms with E-state index in [1.165, 1.54) is 0 Å². The van der Waals surface area contributed by atoms with Gasteiger partial charge in [-0.25, -0.2) is 9.78 Å². The van der Waals surface area contributed by atoms with Gasteiger partial charge in [-0.15, -0.1) is 0 Å². The summed E-state index contributed by atoms with van der Waals surface area (Å²) >= 11 is 0. The number of aliphatic hydroxyl groups excluding tert-OH is 1. The zero-order chi connectivity index (χ0) is 17.6. The molecular weight excluding hydrogens is 316 g/mol. The Morgan fingerprint density at radius 2 is 1.88 bits per heavy atom. The number of aliphatic hydroxyl groups is 1. The molecule has 0 saturated carbocycles. The lowest BCUT2D eigenvalue weighted by Gasteiger charge is -2.14. The number of carbonyl (C=O) groups is 1. The Kier molecular flexibility index (Phi) is 5.30. The number of nitrogens with zero attached hydrogens (tertiary/aromatic N) is 1. The van der Waals surface area contributed by atoms with Gasteiger partial charge in [0.15, 0.2) is 0 Å². The quantitative estimate of drug-likeness (QED) is 0.557. The van der Waals surface area contributed by atoms with Crippen molar-refractivity contribution in [3.8, 4) is 0 Å². The number of rotatable bonds is 6. The molecule has 3 rings (SSSR count). The van der Waals surface area contributed by atoms with Gasteiger partial charge in [-0.1, -0.05) is 42.5 Å². The van der Waals surface area contributed by atoms with Crippen LogP contribution >= 0.6 is 0 Å². The van der Waals surface area contributed by atoms with Crippen LogP contribution in [0.2, 0.25) is 0 Å². The Labute approximate surface area is 146 Å². The highest BCUT2D eigenvalue weighted by Gasteiger charge is 2.14. The van der Waals surface area contributed by atoms with Gasteiger partial charge in [-0.2, -0.15) is 0 Å². The molecule has 0 aliphatic heterocycles. The van der Waals surface area contributed by atoms with Crippen LogP contribution in [0.3, 0.4) is 0 Å². The topological polar surface area (TPSA) is 90.0 Å². The largest absolute Gasteiger partial charge is 0.388 e. The molecule has 2 aromatic carbocycles. The van der Waals surface area contributed by atoms with Gasteiger partial charge < -0.3 is 20.7 Å². The Morgan fingerprint density at radius 3 is 2.64 bits per heavy atom. The summed E-state index contributed by atoms with van der Waals surface area (Å²) in [7, 11) is 0. The van der Waals surface area contributed by atoms with E-state index in [1.807, 2.05) is 61.5 Å². The third-order valence-corrected chi connectivity index (χ3v) is 4.05. The predicted molar refractivity (Wildman–Crippen MR) is 97.1 cm³/mol. The zero-order valence-corrected chi connectivity index (χ0v) is 14.1. The molecule has 1 heterocycles. The number of nitrogens with one attached hydrogen (secondary N) is 3. The van der Waals surface area contributed by atoms with Gasteiger partial charge in [0, 0.05) is 6.54 Å². The first kappa shape index (κ1) is 17.0. The van der Waals surface area contributed by atoms with Gasteiger partial charge in [-0.05, 0) is 31.0 Å². The molecule has 0 spiro atoms. The molecule has 0 bridgehead atoms. The number of hydrogen-bond donors (Lipinski definition) is 4. The molecule has 4 N–H and O–H groups in total. The van der Waals surface area contributed by atoms with E-state index in [9.17, 15) is 9.90 Å². The van der Waals surface area contributed by atoms with E-state index in [2.05, 4.69) is 20.6 Å². The van der Waals surface area contributed by atoms with Gasteiger partial charge in [0.1, 0.15) is 5.82 Å². The molecule has 0 fully saturated rings. The number of imidazole rings is 1. The van der Waals surface area contributed by atoms with E-state index < -0.39 is 6.10 Å². The molecule has 0 aliphatic rings. The van der Waals surface area contributed by atoms with Crippen LogP contribution in [0.1, 0.15) is 36.9 Å². The minimum absolute atomic E-state index is 0.244. The summed E-state index contributed by atoms with van der Waals surface area (Å²) in [5.74, 6) is 0.709. The van der Waals surface area contributed by atoms with Crippen LogP contribution in [0.15, 0.2) is 54.6 Å². The fraction of sp³-hybridized carbons (Fsp3) is 0.263.